The largest absolute Gasteiger partial charge is 0.0620 e. The summed E-state index contributed by atoms with van der Waals surface area (Å²) in [5.41, 5.74) is 6.24. The summed E-state index contributed by atoms with van der Waals surface area (Å²) in [5, 5.41) is 0. The molecule has 0 unspecified atom stereocenters. The van der Waals surface area contributed by atoms with Crippen molar-refractivity contribution in [1.29, 1.82) is 0 Å². The standard InChI is InChI=1S/C17H18/c1-17(2)12-15-9-4-3-7-13(15)11-14-8-5-6-10-16(14)17/h3-10H,11-12H2,1-2H3. The minimum absolute atomic E-state index is 0.239. The van der Waals surface area contributed by atoms with Crippen molar-refractivity contribution in [1.82, 2.24) is 0 Å². The van der Waals surface area contributed by atoms with Gasteiger partial charge in [0.05, 0.1) is 0 Å². The lowest BCUT2D eigenvalue weighted by molar-refractivity contribution is 0.523. The van der Waals surface area contributed by atoms with Gasteiger partial charge in [-0.3, -0.25) is 0 Å². The monoisotopic (exact) mass is 222 g/mol. The average Bonchev–Trinajstić information content (AvgIpc) is 2.42. The summed E-state index contributed by atoms with van der Waals surface area (Å²) in [5.74, 6) is 0. The molecule has 0 fully saturated rings. The van der Waals surface area contributed by atoms with Crippen molar-refractivity contribution in [2.45, 2.75) is 32.1 Å². The van der Waals surface area contributed by atoms with Crippen LogP contribution >= 0.6 is 0 Å². The quantitative estimate of drug-likeness (QED) is 0.629. The molecule has 2 aromatic carbocycles. The lowest BCUT2D eigenvalue weighted by Gasteiger charge is -2.25. The van der Waals surface area contributed by atoms with Crippen LogP contribution < -0.4 is 0 Å². The first-order valence-corrected chi connectivity index (χ1v) is 6.32. The lowest BCUT2D eigenvalue weighted by Crippen LogP contribution is -2.20. The van der Waals surface area contributed by atoms with Crippen molar-refractivity contribution in [2.24, 2.45) is 0 Å². The zero-order valence-electron chi connectivity index (χ0n) is 10.5. The Morgan fingerprint density at radius 1 is 0.765 bits per heavy atom. The van der Waals surface area contributed by atoms with E-state index in [1.54, 1.807) is 0 Å². The molecule has 2 aromatic rings. The highest BCUT2D eigenvalue weighted by Crippen LogP contribution is 2.35. The van der Waals surface area contributed by atoms with E-state index >= 15 is 0 Å². The summed E-state index contributed by atoms with van der Waals surface area (Å²) in [6.45, 7) is 4.71. The Bertz CT molecular complexity index is 549. The normalized spacial score (nSPS) is 16.8. The van der Waals surface area contributed by atoms with Gasteiger partial charge in [0.2, 0.25) is 0 Å². The minimum atomic E-state index is 0.239. The van der Waals surface area contributed by atoms with Crippen molar-refractivity contribution in [2.75, 3.05) is 0 Å². The Kier molecular flexibility index (Phi) is 2.32. The molecule has 0 atom stereocenters. The van der Waals surface area contributed by atoms with Crippen molar-refractivity contribution in [3.05, 3.63) is 70.8 Å². The molecule has 0 N–H and O–H groups in total. The van der Waals surface area contributed by atoms with E-state index in [9.17, 15) is 0 Å². The van der Waals surface area contributed by atoms with Crippen LogP contribution in [0.2, 0.25) is 0 Å². The van der Waals surface area contributed by atoms with Gasteiger partial charge in [0.25, 0.3) is 0 Å². The average molecular weight is 222 g/mol. The van der Waals surface area contributed by atoms with Gasteiger partial charge in [-0.1, -0.05) is 62.4 Å². The van der Waals surface area contributed by atoms with E-state index in [0.717, 1.165) is 12.8 Å². The summed E-state index contributed by atoms with van der Waals surface area (Å²) in [6, 6.07) is 17.8. The second kappa shape index (κ2) is 3.73. The third-order valence-electron chi connectivity index (χ3n) is 3.88. The predicted molar refractivity (Wildman–Crippen MR) is 72.4 cm³/mol. The fraction of sp³-hybridized carbons (Fsp3) is 0.294. The van der Waals surface area contributed by atoms with Gasteiger partial charge in [-0.2, -0.15) is 0 Å². The van der Waals surface area contributed by atoms with Crippen LogP contribution in [0.5, 0.6) is 0 Å². The van der Waals surface area contributed by atoms with Crippen LogP contribution in [0, 0.1) is 0 Å². The molecule has 0 saturated carbocycles. The molecule has 17 heavy (non-hydrogen) atoms. The maximum Gasteiger partial charge on any atom is -0.00201 e. The third-order valence-corrected chi connectivity index (χ3v) is 3.88. The first-order valence-electron chi connectivity index (χ1n) is 6.32. The summed E-state index contributed by atoms with van der Waals surface area (Å²) in [4.78, 5) is 0. The van der Waals surface area contributed by atoms with Crippen LogP contribution in [0.15, 0.2) is 48.5 Å². The Morgan fingerprint density at radius 2 is 1.35 bits per heavy atom. The molecule has 0 bridgehead atoms. The van der Waals surface area contributed by atoms with Crippen molar-refractivity contribution < 1.29 is 0 Å². The Hall–Kier alpha value is -1.56. The number of rotatable bonds is 0. The van der Waals surface area contributed by atoms with Gasteiger partial charge in [-0.05, 0) is 40.5 Å². The number of benzene rings is 2. The molecule has 0 aliphatic heterocycles. The molecule has 0 heteroatoms. The molecule has 1 aliphatic rings. The van der Waals surface area contributed by atoms with E-state index in [2.05, 4.69) is 62.4 Å². The van der Waals surface area contributed by atoms with Crippen LogP contribution in [0.3, 0.4) is 0 Å². The molecular weight excluding hydrogens is 204 g/mol. The Morgan fingerprint density at radius 3 is 2.12 bits per heavy atom. The van der Waals surface area contributed by atoms with E-state index in [4.69, 9.17) is 0 Å². The first-order chi connectivity index (χ1) is 8.17. The zero-order valence-corrected chi connectivity index (χ0v) is 10.5. The first kappa shape index (κ1) is 10.6. The highest BCUT2D eigenvalue weighted by Gasteiger charge is 2.27. The Balaban J connectivity index is 2.21. The highest BCUT2D eigenvalue weighted by atomic mass is 14.3. The van der Waals surface area contributed by atoms with Crippen LogP contribution in [-0.4, -0.2) is 0 Å². The lowest BCUT2D eigenvalue weighted by atomic mass is 9.79. The van der Waals surface area contributed by atoms with E-state index in [1.165, 1.54) is 22.3 Å². The van der Waals surface area contributed by atoms with E-state index in [-0.39, 0.29) is 5.41 Å². The maximum atomic E-state index is 2.36. The molecule has 0 heterocycles. The predicted octanol–water partition coefficient (Wildman–Crippen LogP) is 4.11. The van der Waals surface area contributed by atoms with Gasteiger partial charge in [0.1, 0.15) is 0 Å². The van der Waals surface area contributed by atoms with Crippen molar-refractivity contribution >= 4 is 0 Å². The van der Waals surface area contributed by atoms with E-state index < -0.39 is 0 Å². The van der Waals surface area contributed by atoms with E-state index in [0.29, 0.717) is 0 Å². The smallest absolute Gasteiger partial charge is 0.00201 e. The molecule has 0 radical (unpaired) electrons. The third kappa shape index (κ3) is 1.78. The highest BCUT2D eigenvalue weighted by molar-refractivity contribution is 5.44. The van der Waals surface area contributed by atoms with Crippen LogP contribution in [0.4, 0.5) is 0 Å². The second-order valence-corrected chi connectivity index (χ2v) is 5.66. The topological polar surface area (TPSA) is 0 Å². The maximum absolute atomic E-state index is 2.36. The van der Waals surface area contributed by atoms with Gasteiger partial charge >= 0.3 is 0 Å². The number of hydrogen-bond acceptors (Lipinski definition) is 0. The van der Waals surface area contributed by atoms with Crippen LogP contribution in [0.1, 0.15) is 36.1 Å². The second-order valence-electron chi connectivity index (χ2n) is 5.66. The van der Waals surface area contributed by atoms with Crippen LogP contribution in [0.25, 0.3) is 0 Å². The van der Waals surface area contributed by atoms with Crippen molar-refractivity contribution in [3.8, 4) is 0 Å². The molecule has 0 aromatic heterocycles. The molecule has 86 valence electrons. The number of fused-ring (bicyclic) bond motifs is 2. The fourth-order valence-electron chi connectivity index (χ4n) is 3.01. The Labute approximate surface area is 103 Å². The molecule has 0 amide bonds. The number of hydrogen-bond donors (Lipinski definition) is 0. The molecule has 0 saturated heterocycles. The molecular formula is C17H18. The molecule has 0 nitrogen and oxygen atoms in total. The summed E-state index contributed by atoms with van der Waals surface area (Å²) in [7, 11) is 0. The SMILES string of the molecule is CC1(C)Cc2ccccc2Cc2ccccc21. The molecule has 3 rings (SSSR count). The molecule has 0 spiro atoms. The van der Waals surface area contributed by atoms with E-state index in [1.807, 2.05) is 0 Å². The van der Waals surface area contributed by atoms with Gasteiger partial charge in [0.15, 0.2) is 0 Å². The van der Waals surface area contributed by atoms with Crippen molar-refractivity contribution in [3.63, 3.8) is 0 Å². The van der Waals surface area contributed by atoms with Gasteiger partial charge in [0, 0.05) is 0 Å². The van der Waals surface area contributed by atoms with Crippen LogP contribution in [-0.2, 0) is 18.3 Å². The summed E-state index contributed by atoms with van der Waals surface area (Å²) in [6.07, 6.45) is 2.22. The van der Waals surface area contributed by atoms with Gasteiger partial charge in [-0.15, -0.1) is 0 Å². The minimum Gasteiger partial charge on any atom is -0.0620 e. The summed E-state index contributed by atoms with van der Waals surface area (Å²) >= 11 is 0. The van der Waals surface area contributed by atoms with Gasteiger partial charge in [-0.25, -0.2) is 0 Å². The summed E-state index contributed by atoms with van der Waals surface area (Å²) < 4.78 is 0. The fourth-order valence-corrected chi connectivity index (χ4v) is 3.01. The molecule has 1 aliphatic carbocycles. The van der Waals surface area contributed by atoms with Gasteiger partial charge < -0.3 is 0 Å². The zero-order chi connectivity index (χ0) is 11.9.